The maximum absolute atomic E-state index is 12.3. The molecule has 0 unspecified atom stereocenters. The van der Waals surface area contributed by atoms with Crippen LogP contribution in [0.4, 0.5) is 13.2 Å². The maximum atomic E-state index is 12.3. The second-order valence-corrected chi connectivity index (χ2v) is 3.34. The molecule has 0 atom stereocenters. The molecule has 72 valence electrons. The van der Waals surface area contributed by atoms with Crippen molar-refractivity contribution in [2.24, 2.45) is 0 Å². The zero-order valence-corrected chi connectivity index (χ0v) is 8.54. The van der Waals surface area contributed by atoms with E-state index in [4.69, 9.17) is 11.6 Å². The fraction of sp³-hybridized carbons (Fsp3) is 0.286. The number of alkyl halides is 4. The first-order chi connectivity index (χ1) is 5.95. The van der Waals surface area contributed by atoms with E-state index in [0.717, 1.165) is 6.07 Å². The summed E-state index contributed by atoms with van der Waals surface area (Å²) in [4.78, 5) is 3.62. The summed E-state index contributed by atoms with van der Waals surface area (Å²) < 4.78 is 37.1. The van der Waals surface area contributed by atoms with Gasteiger partial charge in [-0.1, -0.05) is 0 Å². The van der Waals surface area contributed by atoms with E-state index in [-0.39, 0.29) is 11.6 Å². The number of hydrogen-bond donors (Lipinski definition) is 0. The van der Waals surface area contributed by atoms with Crippen LogP contribution in [0.15, 0.2) is 16.7 Å². The molecule has 0 saturated carbocycles. The van der Waals surface area contributed by atoms with Gasteiger partial charge >= 0.3 is 6.18 Å². The highest BCUT2D eigenvalue weighted by molar-refractivity contribution is 9.10. The van der Waals surface area contributed by atoms with E-state index < -0.39 is 11.7 Å². The van der Waals surface area contributed by atoms with E-state index in [2.05, 4.69) is 20.9 Å². The lowest BCUT2D eigenvalue weighted by Crippen LogP contribution is -2.09. The topological polar surface area (TPSA) is 12.9 Å². The lowest BCUT2D eigenvalue weighted by atomic mass is 10.2. The molecule has 0 aliphatic rings. The second kappa shape index (κ2) is 3.84. The van der Waals surface area contributed by atoms with Crippen LogP contribution >= 0.6 is 27.5 Å². The van der Waals surface area contributed by atoms with E-state index in [9.17, 15) is 13.2 Å². The minimum atomic E-state index is -4.39. The van der Waals surface area contributed by atoms with Gasteiger partial charge in [0.1, 0.15) is 4.60 Å². The second-order valence-electron chi connectivity index (χ2n) is 2.26. The zero-order chi connectivity index (χ0) is 10.1. The molecule has 1 rings (SSSR count). The standard InChI is InChI=1S/C7H4BrClF3N/c8-6-2-1-4(7(10,11)12)5(3-9)13-6/h1-2H,3H2. The minimum absolute atomic E-state index is 0.163. The molecule has 1 nitrogen and oxygen atoms in total. The largest absolute Gasteiger partial charge is 0.418 e. The van der Waals surface area contributed by atoms with Gasteiger partial charge < -0.3 is 0 Å². The lowest BCUT2D eigenvalue weighted by molar-refractivity contribution is -0.138. The normalized spacial score (nSPS) is 11.8. The molecule has 1 aromatic heterocycles. The summed E-state index contributed by atoms with van der Waals surface area (Å²) in [6.45, 7) is 0. The van der Waals surface area contributed by atoms with E-state index in [1.165, 1.54) is 6.07 Å². The van der Waals surface area contributed by atoms with Crippen molar-refractivity contribution in [2.45, 2.75) is 12.1 Å². The van der Waals surface area contributed by atoms with Crippen molar-refractivity contribution in [1.29, 1.82) is 0 Å². The summed E-state index contributed by atoms with van der Waals surface area (Å²) in [5, 5.41) is 0. The van der Waals surface area contributed by atoms with E-state index in [1.54, 1.807) is 0 Å². The molecule has 0 aliphatic carbocycles. The van der Waals surface area contributed by atoms with Crippen LogP contribution in [0, 0.1) is 0 Å². The van der Waals surface area contributed by atoms with Gasteiger partial charge in [-0.25, -0.2) is 4.98 Å². The molecule has 1 aromatic rings. The Morgan fingerprint density at radius 1 is 1.38 bits per heavy atom. The summed E-state index contributed by atoms with van der Waals surface area (Å²) in [5.41, 5.74) is -0.950. The number of aromatic nitrogens is 1. The summed E-state index contributed by atoms with van der Waals surface area (Å²) >= 11 is 8.29. The summed E-state index contributed by atoms with van der Waals surface area (Å²) in [6.07, 6.45) is -4.39. The Hall–Kier alpha value is -0.290. The monoisotopic (exact) mass is 273 g/mol. The Bertz CT molecular complexity index is 313. The van der Waals surface area contributed by atoms with Gasteiger partial charge in [0.2, 0.25) is 0 Å². The first kappa shape index (κ1) is 10.8. The molecule has 13 heavy (non-hydrogen) atoms. The van der Waals surface area contributed by atoms with Crippen molar-refractivity contribution in [3.8, 4) is 0 Å². The number of nitrogens with zero attached hydrogens (tertiary/aromatic N) is 1. The van der Waals surface area contributed by atoms with E-state index in [1.807, 2.05) is 0 Å². The molecule has 0 radical (unpaired) electrons. The van der Waals surface area contributed by atoms with Gasteiger partial charge in [0.15, 0.2) is 0 Å². The van der Waals surface area contributed by atoms with Gasteiger partial charge in [-0.2, -0.15) is 13.2 Å². The fourth-order valence-corrected chi connectivity index (χ4v) is 1.38. The Morgan fingerprint density at radius 3 is 2.46 bits per heavy atom. The average Bonchev–Trinajstić information content (AvgIpc) is 2.01. The van der Waals surface area contributed by atoms with Crippen molar-refractivity contribution < 1.29 is 13.2 Å². The van der Waals surface area contributed by atoms with Crippen LogP contribution in [-0.4, -0.2) is 4.98 Å². The highest BCUT2D eigenvalue weighted by Gasteiger charge is 2.33. The van der Waals surface area contributed by atoms with Crippen LogP contribution in [0.2, 0.25) is 0 Å². The van der Waals surface area contributed by atoms with Crippen LogP contribution in [-0.2, 0) is 12.1 Å². The molecule has 0 aromatic carbocycles. The van der Waals surface area contributed by atoms with Crippen LogP contribution in [0.3, 0.4) is 0 Å². The molecular weight excluding hydrogens is 270 g/mol. The average molecular weight is 274 g/mol. The van der Waals surface area contributed by atoms with Gasteiger partial charge in [0.05, 0.1) is 17.1 Å². The Morgan fingerprint density at radius 2 is 2.00 bits per heavy atom. The Kier molecular flexibility index (Phi) is 3.18. The summed E-state index contributed by atoms with van der Waals surface area (Å²) in [6, 6.07) is 2.19. The predicted molar refractivity (Wildman–Crippen MR) is 46.5 cm³/mol. The summed E-state index contributed by atoms with van der Waals surface area (Å²) in [7, 11) is 0. The van der Waals surface area contributed by atoms with Gasteiger partial charge in [0.25, 0.3) is 0 Å². The Labute approximate surface area is 86.0 Å². The SMILES string of the molecule is FC(F)(F)c1ccc(Br)nc1CCl. The predicted octanol–water partition coefficient (Wildman–Crippen LogP) is 3.60. The van der Waals surface area contributed by atoms with Gasteiger partial charge in [-0.3, -0.25) is 0 Å². The number of halogens is 5. The van der Waals surface area contributed by atoms with E-state index in [0.29, 0.717) is 4.60 Å². The Balaban J connectivity index is 3.22. The lowest BCUT2D eigenvalue weighted by Gasteiger charge is -2.09. The highest BCUT2D eigenvalue weighted by atomic mass is 79.9. The number of pyridine rings is 1. The molecular formula is C7H4BrClF3N. The third-order valence-electron chi connectivity index (χ3n) is 1.37. The van der Waals surface area contributed by atoms with Crippen molar-refractivity contribution in [2.75, 3.05) is 0 Å². The van der Waals surface area contributed by atoms with Crippen molar-refractivity contribution in [3.05, 3.63) is 28.0 Å². The molecule has 6 heteroatoms. The van der Waals surface area contributed by atoms with Crippen molar-refractivity contribution >= 4 is 27.5 Å². The third-order valence-corrected chi connectivity index (χ3v) is 2.07. The summed E-state index contributed by atoms with van der Waals surface area (Å²) in [5.74, 6) is -0.256. The smallest absolute Gasteiger partial charge is 0.244 e. The molecule has 0 aliphatic heterocycles. The molecule has 0 saturated heterocycles. The van der Waals surface area contributed by atoms with Gasteiger partial charge in [-0.15, -0.1) is 11.6 Å². The number of hydrogen-bond acceptors (Lipinski definition) is 1. The van der Waals surface area contributed by atoms with Gasteiger partial charge in [0, 0.05) is 0 Å². The molecule has 0 N–H and O–H groups in total. The van der Waals surface area contributed by atoms with Crippen molar-refractivity contribution in [3.63, 3.8) is 0 Å². The third kappa shape index (κ3) is 2.57. The molecule has 0 amide bonds. The quantitative estimate of drug-likeness (QED) is 0.563. The van der Waals surface area contributed by atoms with Crippen LogP contribution in [0.5, 0.6) is 0 Å². The van der Waals surface area contributed by atoms with Crippen LogP contribution in [0.25, 0.3) is 0 Å². The van der Waals surface area contributed by atoms with Gasteiger partial charge in [-0.05, 0) is 28.1 Å². The zero-order valence-electron chi connectivity index (χ0n) is 6.20. The number of rotatable bonds is 1. The van der Waals surface area contributed by atoms with Crippen LogP contribution < -0.4 is 0 Å². The minimum Gasteiger partial charge on any atom is -0.244 e. The van der Waals surface area contributed by atoms with Crippen molar-refractivity contribution in [1.82, 2.24) is 4.98 Å². The maximum Gasteiger partial charge on any atom is 0.418 e. The molecule has 0 bridgehead atoms. The van der Waals surface area contributed by atoms with Crippen LogP contribution in [0.1, 0.15) is 11.3 Å². The fourth-order valence-electron chi connectivity index (χ4n) is 0.835. The van der Waals surface area contributed by atoms with E-state index >= 15 is 0 Å². The highest BCUT2D eigenvalue weighted by Crippen LogP contribution is 2.32. The first-order valence-electron chi connectivity index (χ1n) is 3.23. The molecule has 1 heterocycles. The molecule has 0 fully saturated rings. The molecule has 0 spiro atoms. The first-order valence-corrected chi connectivity index (χ1v) is 4.56.